The molecule has 2 aliphatic rings. The van der Waals surface area contributed by atoms with Gasteiger partial charge in [0.05, 0.1) is 16.4 Å². The van der Waals surface area contributed by atoms with Gasteiger partial charge in [-0.3, -0.25) is 0 Å². The molecule has 2 aromatic heterocycles. The van der Waals surface area contributed by atoms with Crippen LogP contribution in [0.25, 0.3) is 93.9 Å². The predicted molar refractivity (Wildman–Crippen MR) is 235 cm³/mol. The van der Waals surface area contributed by atoms with Gasteiger partial charge in [-0.25, -0.2) is 0 Å². The van der Waals surface area contributed by atoms with Crippen LogP contribution < -0.4 is 0 Å². The lowest BCUT2D eigenvalue weighted by Gasteiger charge is -2.31. The van der Waals surface area contributed by atoms with Crippen molar-refractivity contribution in [3.63, 3.8) is 0 Å². The van der Waals surface area contributed by atoms with Crippen LogP contribution in [0.15, 0.2) is 205 Å². The Morgan fingerprint density at radius 3 is 1.70 bits per heavy atom. The minimum absolute atomic E-state index is 0.482. The fraction of sp³-hybridized carbons (Fsp3) is 0.0182. The van der Waals surface area contributed by atoms with Gasteiger partial charge in [0, 0.05) is 38.4 Å². The van der Waals surface area contributed by atoms with Crippen molar-refractivity contribution < 1.29 is 4.42 Å². The van der Waals surface area contributed by atoms with E-state index < -0.39 is 5.41 Å². The van der Waals surface area contributed by atoms with Crippen molar-refractivity contribution in [3.8, 4) is 50.2 Å². The van der Waals surface area contributed by atoms with E-state index in [0.29, 0.717) is 0 Å². The number of hydrogen-bond donors (Lipinski definition) is 0. The van der Waals surface area contributed by atoms with Gasteiger partial charge in [-0.2, -0.15) is 0 Å². The third-order valence-electron chi connectivity index (χ3n) is 12.8. The summed E-state index contributed by atoms with van der Waals surface area (Å²) in [5.74, 6) is 0. The smallest absolute Gasteiger partial charge is 0.143 e. The highest BCUT2D eigenvalue weighted by atomic mass is 16.3. The van der Waals surface area contributed by atoms with Crippen molar-refractivity contribution >= 4 is 43.7 Å². The maximum absolute atomic E-state index is 6.49. The summed E-state index contributed by atoms with van der Waals surface area (Å²) in [6, 6.07) is 73.7. The lowest BCUT2D eigenvalue weighted by molar-refractivity contribution is 0.670. The Kier molecular flexibility index (Phi) is 6.13. The maximum atomic E-state index is 6.49. The summed E-state index contributed by atoms with van der Waals surface area (Å²) in [7, 11) is 0. The first-order valence-corrected chi connectivity index (χ1v) is 19.8. The van der Waals surface area contributed by atoms with Gasteiger partial charge in [-0.05, 0) is 86.0 Å². The van der Waals surface area contributed by atoms with E-state index in [1.54, 1.807) is 0 Å². The first-order valence-electron chi connectivity index (χ1n) is 19.8. The second-order valence-electron chi connectivity index (χ2n) is 15.5. The van der Waals surface area contributed by atoms with E-state index in [4.69, 9.17) is 4.42 Å². The molecule has 0 saturated carbocycles. The minimum Gasteiger partial charge on any atom is -0.455 e. The monoisotopic (exact) mass is 723 g/mol. The molecule has 2 aliphatic carbocycles. The Morgan fingerprint density at radius 2 is 0.965 bits per heavy atom. The molecule has 0 saturated heterocycles. The van der Waals surface area contributed by atoms with Crippen LogP contribution in [0.5, 0.6) is 0 Å². The van der Waals surface area contributed by atoms with Crippen molar-refractivity contribution in [1.82, 2.24) is 4.57 Å². The summed E-state index contributed by atoms with van der Waals surface area (Å²) < 4.78 is 9.03. The first-order chi connectivity index (χ1) is 28.3. The number of furan rings is 1. The van der Waals surface area contributed by atoms with Gasteiger partial charge >= 0.3 is 0 Å². The zero-order valence-electron chi connectivity index (χ0n) is 30.9. The molecule has 2 heteroatoms. The fourth-order valence-electron chi connectivity index (χ4n) is 10.5. The van der Waals surface area contributed by atoms with Crippen molar-refractivity contribution in [3.05, 3.63) is 222 Å². The Bertz CT molecular complexity index is 3390. The quantitative estimate of drug-likeness (QED) is 0.177. The normalized spacial score (nSPS) is 13.4. The van der Waals surface area contributed by atoms with Gasteiger partial charge < -0.3 is 8.98 Å². The van der Waals surface area contributed by atoms with Crippen molar-refractivity contribution in [2.75, 3.05) is 0 Å². The van der Waals surface area contributed by atoms with Crippen LogP contribution >= 0.6 is 0 Å². The van der Waals surface area contributed by atoms with Crippen LogP contribution in [0.1, 0.15) is 22.3 Å². The third-order valence-corrected chi connectivity index (χ3v) is 12.8. The van der Waals surface area contributed by atoms with E-state index >= 15 is 0 Å². The van der Waals surface area contributed by atoms with Crippen molar-refractivity contribution in [1.29, 1.82) is 0 Å². The van der Waals surface area contributed by atoms with Crippen LogP contribution in [-0.4, -0.2) is 4.57 Å². The number of benzene rings is 9. The molecule has 0 radical (unpaired) electrons. The van der Waals surface area contributed by atoms with Gasteiger partial charge in [-0.15, -0.1) is 0 Å². The predicted octanol–water partition coefficient (Wildman–Crippen LogP) is 14.4. The average molecular weight is 724 g/mol. The SMILES string of the molecule is c1ccc(-c2ccc3c(c2)c2ccc4c(c2n3-c2ccc(-c3cccc5c3oc3ccccc35)cc2)C2(c3ccccc3-c3ccccc32)c2ccccc2-4)cc1. The molecule has 0 N–H and O–H groups in total. The average Bonchev–Trinajstić information content (AvgIpc) is 4.00. The molecule has 0 atom stereocenters. The van der Waals surface area contributed by atoms with E-state index in [9.17, 15) is 0 Å². The van der Waals surface area contributed by atoms with Gasteiger partial charge in [0.1, 0.15) is 11.2 Å². The molecule has 2 heterocycles. The molecule has 1 spiro atoms. The molecule has 0 fully saturated rings. The summed E-state index contributed by atoms with van der Waals surface area (Å²) in [6.07, 6.45) is 0. The number of rotatable bonds is 3. The Morgan fingerprint density at radius 1 is 0.368 bits per heavy atom. The molecular formula is C55H33NO. The molecule has 57 heavy (non-hydrogen) atoms. The first kappa shape index (κ1) is 30.9. The Balaban J connectivity index is 1.13. The second-order valence-corrected chi connectivity index (χ2v) is 15.5. The molecule has 0 unspecified atom stereocenters. The maximum Gasteiger partial charge on any atom is 0.143 e. The fourth-order valence-corrected chi connectivity index (χ4v) is 10.5. The molecular weight excluding hydrogens is 691 g/mol. The summed E-state index contributed by atoms with van der Waals surface area (Å²) >= 11 is 0. The molecule has 0 aliphatic heterocycles. The van der Waals surface area contributed by atoms with Gasteiger partial charge in [-0.1, -0.05) is 170 Å². The minimum atomic E-state index is -0.482. The van der Waals surface area contributed by atoms with Gasteiger partial charge in [0.25, 0.3) is 0 Å². The molecule has 9 aromatic carbocycles. The summed E-state index contributed by atoms with van der Waals surface area (Å²) in [5, 5.41) is 4.79. The number of fused-ring (bicyclic) bond motifs is 17. The summed E-state index contributed by atoms with van der Waals surface area (Å²) in [5.41, 5.74) is 20.2. The van der Waals surface area contributed by atoms with E-state index in [0.717, 1.165) is 38.8 Å². The highest BCUT2D eigenvalue weighted by Gasteiger charge is 2.53. The zero-order chi connectivity index (χ0) is 37.2. The number of aromatic nitrogens is 1. The lowest BCUT2D eigenvalue weighted by atomic mass is 9.70. The molecule has 2 nitrogen and oxygen atoms in total. The number of para-hydroxylation sites is 2. The topological polar surface area (TPSA) is 18.1 Å². The molecule has 0 amide bonds. The van der Waals surface area contributed by atoms with Crippen molar-refractivity contribution in [2.45, 2.75) is 5.41 Å². The second kappa shape index (κ2) is 11.3. The largest absolute Gasteiger partial charge is 0.455 e. The lowest BCUT2D eigenvalue weighted by Crippen LogP contribution is -2.26. The van der Waals surface area contributed by atoms with Gasteiger partial charge in [0.2, 0.25) is 0 Å². The van der Waals surface area contributed by atoms with E-state index in [1.165, 1.54) is 77.4 Å². The highest BCUT2D eigenvalue weighted by Crippen LogP contribution is 2.64. The molecule has 0 bridgehead atoms. The van der Waals surface area contributed by atoms with Crippen LogP contribution in [0.2, 0.25) is 0 Å². The number of hydrogen-bond acceptors (Lipinski definition) is 1. The van der Waals surface area contributed by atoms with Crippen LogP contribution in [-0.2, 0) is 5.41 Å². The van der Waals surface area contributed by atoms with E-state index in [1.807, 2.05) is 6.07 Å². The summed E-state index contributed by atoms with van der Waals surface area (Å²) in [4.78, 5) is 0. The molecule has 13 rings (SSSR count). The van der Waals surface area contributed by atoms with Crippen molar-refractivity contribution in [2.24, 2.45) is 0 Å². The highest BCUT2D eigenvalue weighted by molar-refractivity contribution is 6.16. The van der Waals surface area contributed by atoms with Crippen LogP contribution in [0.3, 0.4) is 0 Å². The van der Waals surface area contributed by atoms with Gasteiger partial charge in [0.15, 0.2) is 0 Å². The number of nitrogens with zero attached hydrogens (tertiary/aromatic N) is 1. The van der Waals surface area contributed by atoms with Crippen LogP contribution in [0.4, 0.5) is 0 Å². The van der Waals surface area contributed by atoms with E-state index in [2.05, 4.69) is 199 Å². The Labute approximate surface area is 329 Å². The molecule has 264 valence electrons. The van der Waals surface area contributed by atoms with E-state index in [-0.39, 0.29) is 0 Å². The third kappa shape index (κ3) is 3.99. The Hall–Kier alpha value is -7.42. The summed E-state index contributed by atoms with van der Waals surface area (Å²) in [6.45, 7) is 0. The standard InChI is InChI=1S/C55H33NO/c1-2-13-34(14-3-1)36-27-32-50-46(33-36)44-31-30-43-41-17-6-10-23-49(41)55(47-21-8-4-15-39(47)40-16-5-9-22-48(40)55)52(43)53(44)56(50)37-28-25-35(26-29-37)38-19-12-20-45-42-18-7-11-24-51(42)57-54(38)45/h1-33H. The zero-order valence-corrected chi connectivity index (χ0v) is 30.9. The molecule has 11 aromatic rings. The van der Waals surface area contributed by atoms with Crippen LogP contribution in [0, 0.1) is 0 Å².